The topological polar surface area (TPSA) is 38.3 Å². The van der Waals surface area contributed by atoms with Gasteiger partial charge >= 0.3 is 0 Å². The van der Waals surface area contributed by atoms with Gasteiger partial charge in [0.15, 0.2) is 11.5 Å². The summed E-state index contributed by atoms with van der Waals surface area (Å²) in [6.07, 6.45) is -0.133. The molecule has 0 spiro atoms. The van der Waals surface area contributed by atoms with E-state index in [1.165, 1.54) is 6.07 Å². The molecule has 3 nitrogen and oxygen atoms in total. The van der Waals surface area contributed by atoms with Gasteiger partial charge in [0, 0.05) is 19.0 Å². The summed E-state index contributed by atoms with van der Waals surface area (Å²) >= 11 is 0. The number of fused-ring (bicyclic) bond motifs is 1. The molecule has 2 aromatic rings. The number of ketones is 1. The number of benzene rings is 2. The molecule has 0 unspecified atom stereocenters. The minimum atomic E-state index is -0.716. The van der Waals surface area contributed by atoms with Crippen molar-refractivity contribution in [1.82, 2.24) is 0 Å². The summed E-state index contributed by atoms with van der Waals surface area (Å²) < 4.78 is 32.0. The number of hydrogen-bond acceptors (Lipinski definition) is 3. The molecule has 0 saturated heterocycles. The number of halogens is 2. The van der Waals surface area contributed by atoms with E-state index in [1.807, 2.05) is 6.07 Å². The zero-order chi connectivity index (χ0) is 14.8. The van der Waals surface area contributed by atoms with Crippen molar-refractivity contribution in [2.75, 3.05) is 18.5 Å². The summed E-state index contributed by atoms with van der Waals surface area (Å²) in [4.78, 5) is 12.4. The average Bonchev–Trinajstić information content (AvgIpc) is 2.49. The molecule has 2 aromatic carbocycles. The number of rotatable bonds is 3. The number of carbonyl (C=O) groups is 1. The predicted molar refractivity (Wildman–Crippen MR) is 74.8 cm³/mol. The predicted octanol–water partition coefficient (Wildman–Crippen LogP) is 3.19. The fraction of sp³-hybridized carbons (Fsp3) is 0.188. The highest BCUT2D eigenvalue weighted by Gasteiger charge is 2.20. The molecule has 108 valence electrons. The largest absolute Gasteiger partial charge is 0.489 e. The highest BCUT2D eigenvalue weighted by Crippen LogP contribution is 2.32. The third-order valence-corrected chi connectivity index (χ3v) is 3.35. The van der Waals surface area contributed by atoms with E-state index in [2.05, 4.69) is 5.32 Å². The minimum Gasteiger partial charge on any atom is -0.489 e. The fourth-order valence-corrected chi connectivity index (χ4v) is 2.32. The number of Topliss-reactive ketones (excluding diaryl/α,β-unsaturated/α-hetero) is 1. The lowest BCUT2D eigenvalue weighted by molar-refractivity contribution is 0.0987. The second-order valence-corrected chi connectivity index (χ2v) is 4.79. The van der Waals surface area contributed by atoms with Crippen molar-refractivity contribution in [2.24, 2.45) is 0 Å². The molecule has 3 rings (SSSR count). The highest BCUT2D eigenvalue weighted by molar-refractivity contribution is 6.01. The molecule has 5 heteroatoms. The Balaban J connectivity index is 1.89. The molecular formula is C16H13F2NO2. The SMILES string of the molecule is O=C(Cc1ccc(F)cc1F)c1cccc2c1OCCN2. The summed E-state index contributed by atoms with van der Waals surface area (Å²) in [5, 5.41) is 3.14. The Morgan fingerprint density at radius 3 is 2.90 bits per heavy atom. The van der Waals surface area contributed by atoms with Gasteiger partial charge in [-0.15, -0.1) is 0 Å². The summed E-state index contributed by atoms with van der Waals surface area (Å²) in [7, 11) is 0. The van der Waals surface area contributed by atoms with Gasteiger partial charge in [0.25, 0.3) is 0 Å². The molecule has 0 aliphatic carbocycles. The molecule has 0 radical (unpaired) electrons. The molecule has 1 heterocycles. The summed E-state index contributed by atoms with van der Waals surface area (Å²) in [5.41, 5.74) is 1.33. The van der Waals surface area contributed by atoms with E-state index in [4.69, 9.17) is 4.74 Å². The van der Waals surface area contributed by atoms with E-state index in [-0.39, 0.29) is 17.8 Å². The van der Waals surface area contributed by atoms with Crippen molar-refractivity contribution in [2.45, 2.75) is 6.42 Å². The maximum atomic E-state index is 13.6. The fourth-order valence-electron chi connectivity index (χ4n) is 2.32. The number of nitrogens with one attached hydrogen (secondary N) is 1. The Morgan fingerprint density at radius 2 is 2.10 bits per heavy atom. The molecule has 0 amide bonds. The lowest BCUT2D eigenvalue weighted by atomic mass is 10.0. The summed E-state index contributed by atoms with van der Waals surface area (Å²) in [5.74, 6) is -1.14. The monoisotopic (exact) mass is 289 g/mol. The van der Waals surface area contributed by atoms with Crippen LogP contribution in [0, 0.1) is 11.6 Å². The van der Waals surface area contributed by atoms with Crippen LogP contribution in [0.25, 0.3) is 0 Å². The van der Waals surface area contributed by atoms with Crippen LogP contribution in [-0.4, -0.2) is 18.9 Å². The van der Waals surface area contributed by atoms with Crippen LogP contribution >= 0.6 is 0 Å². The van der Waals surface area contributed by atoms with Crippen LogP contribution in [0.2, 0.25) is 0 Å². The van der Waals surface area contributed by atoms with Crippen LogP contribution < -0.4 is 10.1 Å². The summed E-state index contributed by atoms with van der Waals surface area (Å²) in [6.45, 7) is 1.15. The Bertz CT molecular complexity index is 701. The highest BCUT2D eigenvalue weighted by atomic mass is 19.1. The number of para-hydroxylation sites is 1. The molecule has 21 heavy (non-hydrogen) atoms. The van der Waals surface area contributed by atoms with Gasteiger partial charge in [-0.3, -0.25) is 4.79 Å². The van der Waals surface area contributed by atoms with Crippen molar-refractivity contribution in [1.29, 1.82) is 0 Å². The standard InChI is InChI=1S/C16H13F2NO2/c17-11-5-4-10(13(18)9-11)8-15(20)12-2-1-3-14-16(12)21-7-6-19-14/h1-5,9,19H,6-8H2. The van der Waals surface area contributed by atoms with Crippen molar-refractivity contribution in [3.05, 3.63) is 59.2 Å². The van der Waals surface area contributed by atoms with Crippen LogP contribution in [0.1, 0.15) is 15.9 Å². The first kappa shape index (κ1) is 13.5. The number of carbonyl (C=O) groups excluding carboxylic acids is 1. The van der Waals surface area contributed by atoms with Crippen LogP contribution in [0.5, 0.6) is 5.75 Å². The molecule has 0 bridgehead atoms. The van der Waals surface area contributed by atoms with Crippen molar-refractivity contribution < 1.29 is 18.3 Å². The maximum Gasteiger partial charge on any atom is 0.171 e. The van der Waals surface area contributed by atoms with E-state index < -0.39 is 11.6 Å². The number of ether oxygens (including phenoxy) is 1. The van der Waals surface area contributed by atoms with Gasteiger partial charge in [-0.1, -0.05) is 12.1 Å². The zero-order valence-electron chi connectivity index (χ0n) is 11.2. The van der Waals surface area contributed by atoms with E-state index in [0.717, 1.165) is 17.8 Å². The normalized spacial score (nSPS) is 13.0. The Kier molecular flexibility index (Phi) is 3.56. The molecule has 0 aromatic heterocycles. The van der Waals surface area contributed by atoms with Crippen LogP contribution in [0.15, 0.2) is 36.4 Å². The Hall–Kier alpha value is -2.43. The first-order valence-corrected chi connectivity index (χ1v) is 6.62. The van der Waals surface area contributed by atoms with E-state index in [9.17, 15) is 13.6 Å². The second-order valence-electron chi connectivity index (χ2n) is 4.79. The average molecular weight is 289 g/mol. The van der Waals surface area contributed by atoms with Gasteiger partial charge in [-0.2, -0.15) is 0 Å². The third-order valence-electron chi connectivity index (χ3n) is 3.35. The van der Waals surface area contributed by atoms with Gasteiger partial charge in [0.2, 0.25) is 0 Å². The Labute approximate surface area is 120 Å². The summed E-state index contributed by atoms with van der Waals surface area (Å²) in [6, 6.07) is 8.43. The molecule has 1 aliphatic heterocycles. The Morgan fingerprint density at radius 1 is 1.24 bits per heavy atom. The first-order chi connectivity index (χ1) is 10.1. The zero-order valence-corrected chi connectivity index (χ0v) is 11.2. The van der Waals surface area contributed by atoms with Crippen LogP contribution in [-0.2, 0) is 6.42 Å². The first-order valence-electron chi connectivity index (χ1n) is 6.62. The van der Waals surface area contributed by atoms with Gasteiger partial charge in [-0.25, -0.2) is 8.78 Å². The number of anilines is 1. The van der Waals surface area contributed by atoms with Crippen LogP contribution in [0.4, 0.5) is 14.5 Å². The van der Waals surface area contributed by atoms with E-state index in [1.54, 1.807) is 12.1 Å². The van der Waals surface area contributed by atoms with Crippen molar-refractivity contribution >= 4 is 11.5 Å². The van der Waals surface area contributed by atoms with Gasteiger partial charge in [-0.05, 0) is 23.8 Å². The number of hydrogen-bond donors (Lipinski definition) is 1. The van der Waals surface area contributed by atoms with Crippen molar-refractivity contribution in [3.8, 4) is 5.75 Å². The molecular weight excluding hydrogens is 276 g/mol. The van der Waals surface area contributed by atoms with Gasteiger partial charge in [0.05, 0.1) is 11.3 Å². The lowest BCUT2D eigenvalue weighted by Crippen LogP contribution is -2.20. The quantitative estimate of drug-likeness (QED) is 0.882. The van der Waals surface area contributed by atoms with E-state index in [0.29, 0.717) is 24.5 Å². The van der Waals surface area contributed by atoms with Crippen molar-refractivity contribution in [3.63, 3.8) is 0 Å². The van der Waals surface area contributed by atoms with Gasteiger partial charge < -0.3 is 10.1 Å². The molecule has 0 atom stereocenters. The minimum absolute atomic E-state index is 0.133. The molecule has 0 fully saturated rings. The van der Waals surface area contributed by atoms with Gasteiger partial charge in [0.1, 0.15) is 18.2 Å². The maximum absolute atomic E-state index is 13.6. The molecule has 1 aliphatic rings. The molecule has 1 N–H and O–H groups in total. The lowest BCUT2D eigenvalue weighted by Gasteiger charge is -2.21. The van der Waals surface area contributed by atoms with Crippen LogP contribution in [0.3, 0.4) is 0 Å². The smallest absolute Gasteiger partial charge is 0.171 e. The second kappa shape index (κ2) is 5.52. The van der Waals surface area contributed by atoms with E-state index >= 15 is 0 Å². The molecule has 0 saturated carbocycles. The third kappa shape index (κ3) is 2.72.